The van der Waals surface area contributed by atoms with Gasteiger partial charge in [-0.05, 0) is 11.6 Å². The van der Waals surface area contributed by atoms with Gasteiger partial charge < -0.3 is 10.1 Å². The summed E-state index contributed by atoms with van der Waals surface area (Å²) in [5.74, 6) is -1.13. The Bertz CT molecular complexity index is 1340. The molecule has 4 aromatic rings. The molecule has 0 aliphatic rings. The SMILES string of the molecule is COC(=O)C(NC(=O)c1c([S@@](C)=O)c(-c2ccccc2)nc2ccccc12)c1ccccc1. The van der Waals surface area contributed by atoms with Crippen LogP contribution >= 0.6 is 0 Å². The number of methoxy groups -OCH3 is 1. The van der Waals surface area contributed by atoms with E-state index in [-0.39, 0.29) is 5.56 Å². The van der Waals surface area contributed by atoms with E-state index in [2.05, 4.69) is 5.32 Å². The quantitative estimate of drug-likeness (QED) is 0.436. The number of ether oxygens (including phenoxy) is 1. The van der Waals surface area contributed by atoms with Gasteiger partial charge in [-0.15, -0.1) is 0 Å². The lowest BCUT2D eigenvalue weighted by molar-refractivity contribution is -0.143. The van der Waals surface area contributed by atoms with Gasteiger partial charge >= 0.3 is 5.97 Å². The summed E-state index contributed by atoms with van der Waals surface area (Å²) in [6, 6.07) is 24.3. The minimum atomic E-state index is -1.54. The standard InChI is InChI=1S/C26H22N2O4S/c1-32-26(30)23(18-13-7-4-8-14-18)28-25(29)21-19-15-9-10-16-20(19)27-22(24(21)33(2)31)17-11-5-3-6-12-17/h3-16,23H,1-2H3,(H,28,29)/t23?,33-/m1/s1. The van der Waals surface area contributed by atoms with Crippen molar-refractivity contribution in [1.29, 1.82) is 0 Å². The second-order valence-corrected chi connectivity index (χ2v) is 8.66. The van der Waals surface area contributed by atoms with Gasteiger partial charge in [-0.25, -0.2) is 9.78 Å². The molecule has 0 bridgehead atoms. The Morgan fingerprint density at radius 1 is 0.909 bits per heavy atom. The predicted molar refractivity (Wildman–Crippen MR) is 128 cm³/mol. The molecule has 0 radical (unpaired) electrons. The zero-order chi connectivity index (χ0) is 23.4. The Balaban J connectivity index is 1.92. The molecule has 2 atom stereocenters. The van der Waals surface area contributed by atoms with Gasteiger partial charge in [0.2, 0.25) is 0 Å². The van der Waals surface area contributed by atoms with Crippen molar-refractivity contribution in [2.75, 3.05) is 13.4 Å². The number of carbonyl (C=O) groups excluding carboxylic acids is 2. The van der Waals surface area contributed by atoms with E-state index in [4.69, 9.17) is 9.72 Å². The fraction of sp³-hybridized carbons (Fsp3) is 0.115. The van der Waals surface area contributed by atoms with Crippen LogP contribution in [-0.4, -0.2) is 34.4 Å². The zero-order valence-electron chi connectivity index (χ0n) is 18.1. The first-order valence-corrected chi connectivity index (χ1v) is 11.8. The van der Waals surface area contributed by atoms with Crippen molar-refractivity contribution in [2.24, 2.45) is 0 Å². The molecule has 166 valence electrons. The summed E-state index contributed by atoms with van der Waals surface area (Å²) in [5, 5.41) is 3.34. The van der Waals surface area contributed by atoms with Crippen LogP contribution in [0.1, 0.15) is 22.0 Å². The van der Waals surface area contributed by atoms with E-state index in [9.17, 15) is 13.8 Å². The first-order valence-electron chi connectivity index (χ1n) is 10.3. The predicted octanol–water partition coefficient (Wildman–Crippen LogP) is 4.28. The van der Waals surface area contributed by atoms with Crippen molar-refractivity contribution in [3.05, 3.63) is 96.1 Å². The number of aromatic nitrogens is 1. The molecular weight excluding hydrogens is 436 g/mol. The molecule has 1 N–H and O–H groups in total. The van der Waals surface area contributed by atoms with E-state index in [1.165, 1.54) is 13.4 Å². The lowest BCUT2D eigenvalue weighted by Crippen LogP contribution is -2.35. The summed E-state index contributed by atoms with van der Waals surface area (Å²) in [5.41, 5.74) is 2.61. The summed E-state index contributed by atoms with van der Waals surface area (Å²) < 4.78 is 17.9. The van der Waals surface area contributed by atoms with Crippen molar-refractivity contribution in [3.63, 3.8) is 0 Å². The number of fused-ring (bicyclic) bond motifs is 1. The van der Waals surface area contributed by atoms with Crippen LogP contribution in [-0.2, 0) is 20.3 Å². The second kappa shape index (κ2) is 9.75. The third kappa shape index (κ3) is 4.54. The Kier molecular flexibility index (Phi) is 6.60. The zero-order valence-corrected chi connectivity index (χ0v) is 19.0. The molecule has 1 aromatic heterocycles. The van der Waals surface area contributed by atoms with Crippen LogP contribution in [0.2, 0.25) is 0 Å². The van der Waals surface area contributed by atoms with Gasteiger partial charge in [-0.2, -0.15) is 0 Å². The van der Waals surface area contributed by atoms with Crippen molar-refractivity contribution >= 4 is 33.6 Å². The molecule has 0 saturated carbocycles. The maximum Gasteiger partial charge on any atom is 0.333 e. The van der Waals surface area contributed by atoms with Crippen molar-refractivity contribution in [3.8, 4) is 11.3 Å². The lowest BCUT2D eigenvalue weighted by atomic mass is 10.0. The minimum Gasteiger partial charge on any atom is -0.467 e. The highest BCUT2D eigenvalue weighted by molar-refractivity contribution is 7.84. The molecular formula is C26H22N2O4S. The van der Waals surface area contributed by atoms with Crippen LogP contribution in [0.5, 0.6) is 0 Å². The van der Waals surface area contributed by atoms with Gasteiger partial charge in [0.15, 0.2) is 6.04 Å². The summed E-state index contributed by atoms with van der Waals surface area (Å²) in [6.45, 7) is 0. The minimum absolute atomic E-state index is 0.227. The van der Waals surface area contributed by atoms with Crippen LogP contribution in [0.3, 0.4) is 0 Å². The van der Waals surface area contributed by atoms with Gasteiger partial charge in [0.25, 0.3) is 5.91 Å². The number of pyridine rings is 1. The van der Waals surface area contributed by atoms with Crippen LogP contribution in [0.15, 0.2) is 89.8 Å². The highest BCUT2D eigenvalue weighted by atomic mass is 32.2. The molecule has 1 amide bonds. The highest BCUT2D eigenvalue weighted by Gasteiger charge is 2.29. The molecule has 4 rings (SSSR count). The lowest BCUT2D eigenvalue weighted by Gasteiger charge is -2.20. The number of para-hydroxylation sites is 1. The molecule has 7 heteroatoms. The van der Waals surface area contributed by atoms with Crippen LogP contribution in [0, 0.1) is 0 Å². The smallest absolute Gasteiger partial charge is 0.333 e. The van der Waals surface area contributed by atoms with Gasteiger partial charge in [-0.3, -0.25) is 9.00 Å². The Morgan fingerprint density at radius 3 is 2.15 bits per heavy atom. The van der Waals surface area contributed by atoms with Crippen LogP contribution in [0.25, 0.3) is 22.2 Å². The monoisotopic (exact) mass is 458 g/mol. The van der Waals surface area contributed by atoms with E-state index in [1.54, 1.807) is 42.5 Å². The summed E-state index contributed by atoms with van der Waals surface area (Å²) in [6.07, 6.45) is 1.52. The maximum absolute atomic E-state index is 13.7. The van der Waals surface area contributed by atoms with E-state index in [0.717, 1.165) is 5.56 Å². The number of hydrogen-bond acceptors (Lipinski definition) is 5. The third-order valence-electron chi connectivity index (χ3n) is 5.25. The Hall–Kier alpha value is -3.84. The number of carbonyl (C=O) groups is 2. The van der Waals surface area contributed by atoms with Gasteiger partial charge in [0.05, 0.1) is 39.6 Å². The number of nitrogens with one attached hydrogen (secondary N) is 1. The number of esters is 1. The highest BCUT2D eigenvalue weighted by Crippen LogP contribution is 2.33. The van der Waals surface area contributed by atoms with Gasteiger partial charge in [-0.1, -0.05) is 78.9 Å². The molecule has 0 fully saturated rings. The van der Waals surface area contributed by atoms with Crippen LogP contribution < -0.4 is 5.32 Å². The normalized spacial score (nSPS) is 12.7. The summed E-state index contributed by atoms with van der Waals surface area (Å²) in [4.78, 5) is 31.3. The van der Waals surface area contributed by atoms with Gasteiger partial charge in [0, 0.05) is 17.2 Å². The molecule has 6 nitrogen and oxygen atoms in total. The fourth-order valence-corrected chi connectivity index (χ4v) is 4.66. The second-order valence-electron chi connectivity index (χ2n) is 7.34. The molecule has 0 spiro atoms. The molecule has 1 unspecified atom stereocenters. The van der Waals surface area contributed by atoms with Crippen molar-refractivity contribution in [2.45, 2.75) is 10.9 Å². The Morgan fingerprint density at radius 2 is 1.52 bits per heavy atom. The first-order chi connectivity index (χ1) is 16.0. The van der Waals surface area contributed by atoms with Gasteiger partial charge in [0.1, 0.15) is 0 Å². The third-order valence-corrected chi connectivity index (χ3v) is 6.23. The Labute approximate surface area is 194 Å². The number of rotatable bonds is 6. The average molecular weight is 459 g/mol. The molecule has 3 aromatic carbocycles. The average Bonchev–Trinajstić information content (AvgIpc) is 2.86. The molecule has 0 aliphatic heterocycles. The summed E-state index contributed by atoms with van der Waals surface area (Å²) >= 11 is 0. The number of nitrogens with zero attached hydrogens (tertiary/aromatic N) is 1. The van der Waals surface area contributed by atoms with E-state index < -0.39 is 28.7 Å². The summed E-state index contributed by atoms with van der Waals surface area (Å²) in [7, 11) is -0.270. The van der Waals surface area contributed by atoms with E-state index in [0.29, 0.717) is 27.1 Å². The van der Waals surface area contributed by atoms with Crippen molar-refractivity contribution < 1.29 is 18.5 Å². The number of benzene rings is 3. The van der Waals surface area contributed by atoms with Crippen LogP contribution in [0.4, 0.5) is 0 Å². The fourth-order valence-electron chi connectivity index (χ4n) is 3.74. The number of hydrogen-bond donors (Lipinski definition) is 1. The first kappa shape index (κ1) is 22.4. The maximum atomic E-state index is 13.7. The molecule has 0 aliphatic carbocycles. The van der Waals surface area contributed by atoms with E-state index in [1.807, 2.05) is 42.5 Å². The largest absolute Gasteiger partial charge is 0.467 e. The molecule has 33 heavy (non-hydrogen) atoms. The molecule has 1 heterocycles. The number of amides is 1. The van der Waals surface area contributed by atoms with E-state index >= 15 is 0 Å². The van der Waals surface area contributed by atoms with Crippen molar-refractivity contribution in [1.82, 2.24) is 10.3 Å². The molecule has 0 saturated heterocycles. The topological polar surface area (TPSA) is 85.4 Å².